The Hall–Kier alpha value is -2.77. The summed E-state index contributed by atoms with van der Waals surface area (Å²) in [6.07, 6.45) is -2.24. The van der Waals surface area contributed by atoms with E-state index in [4.69, 9.17) is 4.74 Å². The van der Waals surface area contributed by atoms with Crippen molar-refractivity contribution >= 4 is 5.91 Å². The number of hydrogen-bond acceptors (Lipinski definition) is 4. The van der Waals surface area contributed by atoms with Gasteiger partial charge >= 0.3 is 6.18 Å². The van der Waals surface area contributed by atoms with E-state index in [0.29, 0.717) is 12.2 Å². The second-order valence-corrected chi connectivity index (χ2v) is 6.79. The highest BCUT2D eigenvalue weighted by atomic mass is 19.4. The van der Waals surface area contributed by atoms with Crippen molar-refractivity contribution in [3.63, 3.8) is 0 Å². The molecule has 1 N–H and O–H groups in total. The number of nitrogens with one attached hydrogen (secondary N) is 1. The Labute approximate surface area is 160 Å². The van der Waals surface area contributed by atoms with Crippen molar-refractivity contribution < 1.29 is 27.4 Å². The van der Waals surface area contributed by atoms with E-state index in [1.54, 1.807) is 13.0 Å². The molecule has 1 aromatic carbocycles. The lowest BCUT2D eigenvalue weighted by atomic mass is 10.1. The lowest BCUT2D eigenvalue weighted by molar-refractivity contribution is -0.154. The van der Waals surface area contributed by atoms with Crippen LogP contribution < -0.4 is 14.8 Å². The second-order valence-electron chi connectivity index (χ2n) is 6.79. The first kappa shape index (κ1) is 20.0. The summed E-state index contributed by atoms with van der Waals surface area (Å²) in [7, 11) is 0. The van der Waals surface area contributed by atoms with E-state index in [1.807, 2.05) is 30.3 Å². The van der Waals surface area contributed by atoms with Crippen molar-refractivity contribution in [2.75, 3.05) is 13.2 Å². The Kier molecular flexibility index (Phi) is 6.06. The number of carbonyl (C=O) groups is 1. The molecule has 0 saturated heterocycles. The number of alkyl halides is 3. The van der Waals surface area contributed by atoms with Crippen LogP contribution in [-0.4, -0.2) is 30.3 Å². The molecule has 0 bridgehead atoms. The van der Waals surface area contributed by atoms with E-state index >= 15 is 0 Å². The van der Waals surface area contributed by atoms with Crippen molar-refractivity contribution in [1.29, 1.82) is 0 Å². The summed E-state index contributed by atoms with van der Waals surface area (Å²) in [5.74, 6) is 0.699. The molecule has 1 aliphatic rings. The highest BCUT2D eigenvalue weighted by Crippen LogP contribution is 2.39. The van der Waals surface area contributed by atoms with Gasteiger partial charge in [-0.15, -0.1) is 0 Å². The van der Waals surface area contributed by atoms with Crippen LogP contribution in [0.1, 0.15) is 24.9 Å². The highest BCUT2D eigenvalue weighted by Gasteiger charge is 2.43. The number of nitrogens with zero attached hydrogens (tertiary/aromatic N) is 1. The summed E-state index contributed by atoms with van der Waals surface area (Å²) in [5.41, 5.74) is 0.686. The Morgan fingerprint density at radius 3 is 2.61 bits per heavy atom. The molecule has 0 spiro atoms. The molecule has 1 amide bonds. The second kappa shape index (κ2) is 8.50. The third kappa shape index (κ3) is 5.87. The fourth-order valence-corrected chi connectivity index (χ4v) is 2.77. The first-order chi connectivity index (χ1) is 13.3. The number of para-hydroxylation sites is 1. The lowest BCUT2D eigenvalue weighted by Gasteiger charge is -2.15. The zero-order valence-electron chi connectivity index (χ0n) is 15.3. The maximum atomic E-state index is 12.4. The maximum absolute atomic E-state index is 12.4. The van der Waals surface area contributed by atoms with E-state index < -0.39 is 12.8 Å². The number of aromatic nitrogens is 1. The van der Waals surface area contributed by atoms with Crippen LogP contribution in [0.15, 0.2) is 48.7 Å². The number of hydrogen-bond donors (Lipinski definition) is 1. The van der Waals surface area contributed by atoms with Crippen molar-refractivity contribution in [3.05, 3.63) is 54.2 Å². The van der Waals surface area contributed by atoms with Crippen molar-refractivity contribution in [3.8, 4) is 11.6 Å². The fraction of sp³-hybridized carbons (Fsp3) is 0.400. The zero-order valence-corrected chi connectivity index (χ0v) is 15.3. The minimum Gasteiger partial charge on any atom is -0.493 e. The number of pyridine rings is 1. The predicted molar refractivity (Wildman–Crippen MR) is 95.9 cm³/mol. The Morgan fingerprint density at radius 2 is 1.96 bits per heavy atom. The number of benzene rings is 1. The molecule has 150 valence electrons. The molecule has 5 nitrogen and oxygen atoms in total. The average molecular weight is 394 g/mol. The first-order valence-electron chi connectivity index (χ1n) is 8.95. The SMILES string of the molecule is C[C@@H](NC(=O)C1CC1COc1ccccc1)c1ccc(OCC(F)(F)F)nc1. The number of ether oxygens (including phenoxy) is 2. The van der Waals surface area contributed by atoms with E-state index in [2.05, 4.69) is 15.0 Å². The molecule has 28 heavy (non-hydrogen) atoms. The van der Waals surface area contributed by atoms with Crippen molar-refractivity contribution in [1.82, 2.24) is 10.3 Å². The summed E-state index contributed by atoms with van der Waals surface area (Å²) in [6.45, 7) is 0.895. The van der Waals surface area contributed by atoms with E-state index in [0.717, 1.165) is 12.2 Å². The monoisotopic (exact) mass is 394 g/mol. The molecule has 1 saturated carbocycles. The zero-order chi connectivity index (χ0) is 20.1. The summed E-state index contributed by atoms with van der Waals surface area (Å²) in [6, 6.07) is 12.1. The minimum absolute atomic E-state index is 0.0634. The Balaban J connectivity index is 1.43. The van der Waals surface area contributed by atoms with Gasteiger partial charge in [-0.25, -0.2) is 4.98 Å². The van der Waals surface area contributed by atoms with Gasteiger partial charge in [0.1, 0.15) is 5.75 Å². The van der Waals surface area contributed by atoms with Gasteiger partial charge in [-0.3, -0.25) is 4.79 Å². The summed E-state index contributed by atoms with van der Waals surface area (Å²) < 4.78 is 46.7. The fourth-order valence-electron chi connectivity index (χ4n) is 2.77. The van der Waals surface area contributed by atoms with E-state index in [9.17, 15) is 18.0 Å². The molecule has 0 aliphatic heterocycles. The normalized spacial score (nSPS) is 19.6. The molecule has 0 radical (unpaired) electrons. The highest BCUT2D eigenvalue weighted by molar-refractivity contribution is 5.81. The van der Waals surface area contributed by atoms with Gasteiger partial charge in [-0.1, -0.05) is 24.3 Å². The van der Waals surface area contributed by atoms with Crippen LogP contribution in [0.25, 0.3) is 0 Å². The molecule has 1 heterocycles. The molecule has 1 aromatic heterocycles. The molecular formula is C20H21F3N2O3. The van der Waals surface area contributed by atoms with Gasteiger partial charge in [0.25, 0.3) is 0 Å². The van der Waals surface area contributed by atoms with Gasteiger partial charge in [0.2, 0.25) is 11.8 Å². The van der Waals surface area contributed by atoms with Crippen molar-refractivity contribution in [2.45, 2.75) is 25.6 Å². The quantitative estimate of drug-likeness (QED) is 0.737. The largest absolute Gasteiger partial charge is 0.493 e. The topological polar surface area (TPSA) is 60.5 Å². The van der Waals surface area contributed by atoms with Crippen LogP contribution in [0, 0.1) is 11.8 Å². The number of halogens is 3. The molecule has 1 fully saturated rings. The van der Waals surface area contributed by atoms with Crippen LogP contribution in [0.2, 0.25) is 0 Å². The number of rotatable bonds is 8. The van der Waals surface area contributed by atoms with Gasteiger partial charge < -0.3 is 14.8 Å². The Bertz CT molecular complexity index is 782. The third-order valence-corrected chi connectivity index (χ3v) is 4.47. The molecular weight excluding hydrogens is 373 g/mol. The molecule has 2 aromatic rings. The summed E-state index contributed by atoms with van der Waals surface area (Å²) in [4.78, 5) is 16.2. The van der Waals surface area contributed by atoms with Crippen LogP contribution in [0.5, 0.6) is 11.6 Å². The van der Waals surface area contributed by atoms with Gasteiger partial charge in [0, 0.05) is 24.1 Å². The van der Waals surface area contributed by atoms with Crippen LogP contribution >= 0.6 is 0 Å². The maximum Gasteiger partial charge on any atom is 0.422 e. The molecule has 8 heteroatoms. The summed E-state index contributed by atoms with van der Waals surface area (Å²) >= 11 is 0. The van der Waals surface area contributed by atoms with E-state index in [-0.39, 0.29) is 29.7 Å². The summed E-state index contributed by atoms with van der Waals surface area (Å²) in [5, 5.41) is 2.91. The third-order valence-electron chi connectivity index (χ3n) is 4.47. The lowest BCUT2D eigenvalue weighted by Crippen LogP contribution is -2.29. The molecule has 3 atom stereocenters. The van der Waals surface area contributed by atoms with Gasteiger partial charge in [0.15, 0.2) is 6.61 Å². The van der Waals surface area contributed by atoms with Gasteiger partial charge in [-0.2, -0.15) is 13.2 Å². The molecule has 2 unspecified atom stereocenters. The predicted octanol–water partition coefficient (Wildman–Crippen LogP) is 3.92. The van der Waals surface area contributed by atoms with Crippen LogP contribution in [0.3, 0.4) is 0 Å². The van der Waals surface area contributed by atoms with Crippen LogP contribution in [-0.2, 0) is 4.79 Å². The van der Waals surface area contributed by atoms with Gasteiger partial charge in [-0.05, 0) is 31.0 Å². The van der Waals surface area contributed by atoms with E-state index in [1.165, 1.54) is 12.3 Å². The minimum atomic E-state index is -4.41. The standard InChI is InChI=1S/C20H21F3N2O3/c1-13(14-7-8-18(24-10-14)28-12-20(21,22)23)25-19(26)17-9-15(17)11-27-16-5-3-2-4-6-16/h2-8,10,13,15,17H,9,11-12H2,1H3,(H,25,26)/t13-,15?,17?/m1/s1. The first-order valence-corrected chi connectivity index (χ1v) is 8.95. The average Bonchev–Trinajstić information content (AvgIpc) is 3.45. The smallest absolute Gasteiger partial charge is 0.422 e. The number of carbonyl (C=O) groups excluding carboxylic acids is 1. The van der Waals surface area contributed by atoms with Crippen LogP contribution in [0.4, 0.5) is 13.2 Å². The molecule has 3 rings (SSSR count). The van der Waals surface area contributed by atoms with Crippen molar-refractivity contribution in [2.24, 2.45) is 11.8 Å². The number of amides is 1. The Morgan fingerprint density at radius 1 is 1.21 bits per heavy atom. The molecule has 1 aliphatic carbocycles. The van der Waals surface area contributed by atoms with Gasteiger partial charge in [0.05, 0.1) is 12.6 Å².